The molecule has 2 aromatic carbocycles. The van der Waals surface area contributed by atoms with E-state index in [0.29, 0.717) is 16.7 Å². The number of alkyl halides is 3. The summed E-state index contributed by atoms with van der Waals surface area (Å²) in [7, 11) is 0. The number of aliphatic hydroxyl groups excluding tert-OH is 1. The number of benzene rings is 2. The molecule has 0 spiro atoms. The molecule has 3 nitrogen and oxygen atoms in total. The van der Waals surface area contributed by atoms with Crippen LogP contribution in [0, 0.1) is 0 Å². The molecule has 0 aliphatic rings. The van der Waals surface area contributed by atoms with Crippen LogP contribution >= 0.6 is 0 Å². The van der Waals surface area contributed by atoms with Gasteiger partial charge in [-0.15, -0.1) is 13.2 Å². The first kappa shape index (κ1) is 16.2. The molecule has 0 fully saturated rings. The van der Waals surface area contributed by atoms with E-state index >= 15 is 0 Å². The summed E-state index contributed by atoms with van der Waals surface area (Å²) in [6.07, 6.45) is -4.79. The highest BCUT2D eigenvalue weighted by atomic mass is 19.4. The Kier molecular flexibility index (Phi) is 4.92. The number of hydrogen-bond donors (Lipinski definition) is 1. The zero-order chi connectivity index (χ0) is 16.2. The molecule has 0 radical (unpaired) electrons. The van der Waals surface area contributed by atoms with E-state index in [1.807, 2.05) is 0 Å². The van der Waals surface area contributed by atoms with E-state index in [1.165, 1.54) is 12.1 Å². The van der Waals surface area contributed by atoms with Crippen LogP contribution in [0.5, 0.6) is 11.5 Å². The van der Waals surface area contributed by atoms with Crippen molar-refractivity contribution in [2.75, 3.05) is 6.61 Å². The molecular formula is C16H15F3O3. The molecule has 2 aromatic rings. The average Bonchev–Trinajstić information content (AvgIpc) is 2.48. The first-order valence-corrected chi connectivity index (χ1v) is 6.65. The summed E-state index contributed by atoms with van der Waals surface area (Å²) >= 11 is 0. The first-order valence-electron chi connectivity index (χ1n) is 6.65. The molecule has 0 aliphatic heterocycles. The van der Waals surface area contributed by atoms with E-state index in [-0.39, 0.29) is 24.7 Å². The molecule has 0 saturated heterocycles. The Labute approximate surface area is 125 Å². The number of halogens is 3. The molecule has 6 heteroatoms. The van der Waals surface area contributed by atoms with Crippen LogP contribution in [0.25, 0.3) is 11.1 Å². The van der Waals surface area contributed by atoms with Gasteiger partial charge in [0.05, 0.1) is 13.2 Å². The van der Waals surface area contributed by atoms with Gasteiger partial charge in [-0.25, -0.2) is 0 Å². The number of aliphatic hydroxyl groups is 1. The summed E-state index contributed by atoms with van der Waals surface area (Å²) in [6, 6.07) is 11.2. The van der Waals surface area contributed by atoms with Crippen LogP contribution in [-0.4, -0.2) is 18.1 Å². The zero-order valence-corrected chi connectivity index (χ0v) is 11.9. The van der Waals surface area contributed by atoms with Gasteiger partial charge in [0.25, 0.3) is 0 Å². The topological polar surface area (TPSA) is 38.7 Å². The lowest BCUT2D eigenvalue weighted by Crippen LogP contribution is -2.17. The third-order valence-corrected chi connectivity index (χ3v) is 2.91. The van der Waals surface area contributed by atoms with Crippen molar-refractivity contribution in [1.29, 1.82) is 0 Å². The highest BCUT2D eigenvalue weighted by Gasteiger charge is 2.32. The molecule has 0 unspecified atom stereocenters. The van der Waals surface area contributed by atoms with E-state index in [4.69, 9.17) is 9.84 Å². The van der Waals surface area contributed by atoms with Crippen LogP contribution < -0.4 is 9.47 Å². The molecule has 0 saturated carbocycles. The van der Waals surface area contributed by atoms with Gasteiger partial charge < -0.3 is 14.6 Å². The van der Waals surface area contributed by atoms with Gasteiger partial charge in [-0.05, 0) is 41.8 Å². The van der Waals surface area contributed by atoms with E-state index in [2.05, 4.69) is 4.74 Å². The molecule has 2 rings (SSSR count). The summed E-state index contributed by atoms with van der Waals surface area (Å²) in [5.74, 6) is -0.358. The van der Waals surface area contributed by atoms with Gasteiger partial charge in [-0.2, -0.15) is 0 Å². The maximum atomic E-state index is 12.5. The van der Waals surface area contributed by atoms with Crippen LogP contribution in [0.2, 0.25) is 0 Å². The summed E-state index contributed by atoms with van der Waals surface area (Å²) < 4.78 is 46.7. The van der Waals surface area contributed by atoms with Gasteiger partial charge in [-0.1, -0.05) is 24.3 Å². The van der Waals surface area contributed by atoms with Crippen molar-refractivity contribution in [2.24, 2.45) is 0 Å². The van der Waals surface area contributed by atoms with Gasteiger partial charge in [0, 0.05) is 0 Å². The first-order chi connectivity index (χ1) is 10.4. The molecule has 0 bridgehead atoms. The Balaban J connectivity index is 2.42. The minimum Gasteiger partial charge on any atom is -0.490 e. The van der Waals surface area contributed by atoms with Crippen molar-refractivity contribution in [2.45, 2.75) is 19.9 Å². The van der Waals surface area contributed by atoms with Crippen LogP contribution in [0.4, 0.5) is 13.2 Å². The number of rotatable bonds is 5. The normalized spacial score (nSPS) is 11.3. The zero-order valence-electron chi connectivity index (χ0n) is 11.9. The van der Waals surface area contributed by atoms with Crippen molar-refractivity contribution >= 4 is 0 Å². The maximum absolute atomic E-state index is 12.5. The van der Waals surface area contributed by atoms with E-state index < -0.39 is 6.36 Å². The van der Waals surface area contributed by atoms with Crippen molar-refractivity contribution in [3.05, 3.63) is 48.0 Å². The second kappa shape index (κ2) is 6.70. The molecule has 0 atom stereocenters. The smallest absolute Gasteiger partial charge is 0.490 e. The Morgan fingerprint density at radius 1 is 1.00 bits per heavy atom. The SMILES string of the molecule is CCOc1ccc(-c2cccc(CO)c2)cc1OC(F)(F)F. The number of hydrogen-bond acceptors (Lipinski definition) is 3. The second-order valence-electron chi connectivity index (χ2n) is 4.50. The minimum absolute atomic E-state index is 0.0295. The van der Waals surface area contributed by atoms with Crippen LogP contribution in [0.15, 0.2) is 42.5 Å². The van der Waals surface area contributed by atoms with Crippen molar-refractivity contribution in [3.8, 4) is 22.6 Å². The van der Waals surface area contributed by atoms with E-state index in [1.54, 1.807) is 37.3 Å². The van der Waals surface area contributed by atoms with Crippen LogP contribution in [0.1, 0.15) is 12.5 Å². The molecule has 0 aromatic heterocycles. The van der Waals surface area contributed by atoms with Gasteiger partial charge in [0.2, 0.25) is 0 Å². The molecule has 0 aliphatic carbocycles. The predicted molar refractivity (Wildman–Crippen MR) is 75.7 cm³/mol. The predicted octanol–water partition coefficient (Wildman–Crippen LogP) is 4.14. The fraction of sp³-hybridized carbons (Fsp3) is 0.250. The van der Waals surface area contributed by atoms with E-state index in [0.717, 1.165) is 0 Å². The van der Waals surface area contributed by atoms with Gasteiger partial charge >= 0.3 is 6.36 Å². The largest absolute Gasteiger partial charge is 0.573 e. The molecule has 0 heterocycles. The Morgan fingerprint density at radius 3 is 2.36 bits per heavy atom. The van der Waals surface area contributed by atoms with Gasteiger partial charge in [0.1, 0.15) is 0 Å². The maximum Gasteiger partial charge on any atom is 0.573 e. The molecule has 1 N–H and O–H groups in total. The summed E-state index contributed by atoms with van der Waals surface area (Å²) in [5.41, 5.74) is 1.89. The highest BCUT2D eigenvalue weighted by Crippen LogP contribution is 2.36. The lowest BCUT2D eigenvalue weighted by Gasteiger charge is -2.15. The Hall–Kier alpha value is -2.21. The molecule has 22 heavy (non-hydrogen) atoms. The van der Waals surface area contributed by atoms with Crippen molar-refractivity contribution < 1.29 is 27.8 Å². The lowest BCUT2D eigenvalue weighted by molar-refractivity contribution is -0.275. The third kappa shape index (κ3) is 4.14. The Bertz CT molecular complexity index is 639. The summed E-state index contributed by atoms with van der Waals surface area (Å²) in [5, 5.41) is 9.14. The average molecular weight is 312 g/mol. The monoisotopic (exact) mass is 312 g/mol. The minimum atomic E-state index is -4.79. The molecule has 0 amide bonds. The summed E-state index contributed by atoms with van der Waals surface area (Å²) in [6.45, 7) is 1.76. The third-order valence-electron chi connectivity index (χ3n) is 2.91. The molecular weight excluding hydrogens is 297 g/mol. The van der Waals surface area contributed by atoms with E-state index in [9.17, 15) is 13.2 Å². The van der Waals surface area contributed by atoms with Crippen molar-refractivity contribution in [1.82, 2.24) is 0 Å². The highest BCUT2D eigenvalue weighted by molar-refractivity contribution is 5.67. The lowest BCUT2D eigenvalue weighted by atomic mass is 10.0. The standard InChI is InChI=1S/C16H15F3O3/c1-2-21-14-7-6-13(9-15(14)22-16(17,18)19)12-5-3-4-11(8-12)10-20/h3-9,20H,2,10H2,1H3. The van der Waals surface area contributed by atoms with Gasteiger partial charge in [0.15, 0.2) is 11.5 Å². The van der Waals surface area contributed by atoms with Gasteiger partial charge in [-0.3, -0.25) is 0 Å². The van der Waals surface area contributed by atoms with Crippen LogP contribution in [-0.2, 0) is 6.61 Å². The number of ether oxygens (including phenoxy) is 2. The van der Waals surface area contributed by atoms with Crippen molar-refractivity contribution in [3.63, 3.8) is 0 Å². The molecule has 118 valence electrons. The fourth-order valence-electron chi connectivity index (χ4n) is 2.02. The fourth-order valence-corrected chi connectivity index (χ4v) is 2.02. The second-order valence-corrected chi connectivity index (χ2v) is 4.50. The Morgan fingerprint density at radius 2 is 1.73 bits per heavy atom. The van der Waals surface area contributed by atoms with Crippen LogP contribution in [0.3, 0.4) is 0 Å². The summed E-state index contributed by atoms with van der Waals surface area (Å²) in [4.78, 5) is 0. The quantitative estimate of drug-likeness (QED) is 0.901.